The molecule has 0 aliphatic heterocycles. The van der Waals surface area contributed by atoms with Crippen molar-refractivity contribution in [3.8, 4) is 0 Å². The van der Waals surface area contributed by atoms with Crippen molar-refractivity contribution < 1.29 is 4.52 Å². The number of nitrogen functional groups attached to an aromatic ring is 1. The Hall–Kier alpha value is -2.22. The Balaban J connectivity index is 1.64. The van der Waals surface area contributed by atoms with Gasteiger partial charge in [-0.3, -0.25) is 0 Å². The van der Waals surface area contributed by atoms with Gasteiger partial charge in [-0.25, -0.2) is 15.8 Å². The highest BCUT2D eigenvalue weighted by Gasteiger charge is 2.27. The van der Waals surface area contributed by atoms with E-state index in [1.54, 1.807) is 6.07 Å². The Labute approximate surface area is 109 Å². The maximum Gasteiger partial charge on any atom is 0.228 e. The first kappa shape index (κ1) is 11.8. The summed E-state index contributed by atoms with van der Waals surface area (Å²) in [4.78, 5) is 12.8. The van der Waals surface area contributed by atoms with Gasteiger partial charge in [-0.05, 0) is 12.8 Å². The zero-order valence-corrected chi connectivity index (χ0v) is 10.3. The molecular weight excluding hydrogens is 246 g/mol. The molecule has 1 saturated carbocycles. The van der Waals surface area contributed by atoms with Gasteiger partial charge in [0.15, 0.2) is 6.33 Å². The first-order valence-corrected chi connectivity index (χ1v) is 6.20. The van der Waals surface area contributed by atoms with Gasteiger partial charge < -0.3 is 15.3 Å². The number of rotatable bonds is 6. The van der Waals surface area contributed by atoms with Crippen LogP contribution >= 0.6 is 0 Å². The molecule has 1 aliphatic carbocycles. The third-order valence-electron chi connectivity index (χ3n) is 2.89. The molecule has 0 unspecified atom stereocenters. The zero-order chi connectivity index (χ0) is 13.1. The Morgan fingerprint density at radius 2 is 2.16 bits per heavy atom. The molecule has 0 aromatic carbocycles. The molecule has 2 aromatic heterocycles. The van der Waals surface area contributed by atoms with Gasteiger partial charge >= 0.3 is 0 Å². The second-order valence-corrected chi connectivity index (χ2v) is 4.43. The van der Waals surface area contributed by atoms with Gasteiger partial charge in [-0.1, -0.05) is 5.16 Å². The molecule has 1 fully saturated rings. The van der Waals surface area contributed by atoms with Gasteiger partial charge in [-0.2, -0.15) is 4.98 Å². The predicted molar refractivity (Wildman–Crippen MR) is 68.3 cm³/mol. The van der Waals surface area contributed by atoms with Crippen LogP contribution in [0.3, 0.4) is 0 Å². The van der Waals surface area contributed by atoms with Crippen LogP contribution < -0.4 is 16.6 Å². The van der Waals surface area contributed by atoms with Crippen molar-refractivity contribution in [3.05, 3.63) is 24.1 Å². The van der Waals surface area contributed by atoms with Gasteiger partial charge in [0.05, 0.1) is 0 Å². The zero-order valence-electron chi connectivity index (χ0n) is 10.3. The lowest BCUT2D eigenvalue weighted by Gasteiger charge is -2.08. The van der Waals surface area contributed by atoms with E-state index in [-0.39, 0.29) is 0 Å². The maximum atomic E-state index is 5.41. The number of nitrogens with two attached hydrogens (primary N) is 1. The fourth-order valence-electron chi connectivity index (χ4n) is 1.76. The third-order valence-corrected chi connectivity index (χ3v) is 2.89. The number of nitrogens with zero attached hydrogens (tertiary/aromatic N) is 4. The average Bonchev–Trinajstić information content (AvgIpc) is 3.17. The lowest BCUT2D eigenvalue weighted by atomic mass is 10.3. The van der Waals surface area contributed by atoms with E-state index < -0.39 is 0 Å². The van der Waals surface area contributed by atoms with Crippen molar-refractivity contribution in [2.24, 2.45) is 5.84 Å². The predicted octanol–water partition coefficient (Wildman–Crippen LogP) is 0.677. The Morgan fingerprint density at radius 3 is 2.84 bits per heavy atom. The molecule has 0 saturated heterocycles. The van der Waals surface area contributed by atoms with Crippen molar-refractivity contribution in [3.63, 3.8) is 0 Å². The highest BCUT2D eigenvalue weighted by molar-refractivity contribution is 5.47. The van der Waals surface area contributed by atoms with E-state index in [0.29, 0.717) is 30.6 Å². The van der Waals surface area contributed by atoms with E-state index in [0.717, 1.165) is 24.5 Å². The summed E-state index contributed by atoms with van der Waals surface area (Å²) in [6.45, 7) is 0.660. The molecule has 0 bridgehead atoms. The van der Waals surface area contributed by atoms with Gasteiger partial charge in [0.2, 0.25) is 5.89 Å². The van der Waals surface area contributed by atoms with E-state index in [1.165, 1.54) is 6.33 Å². The fourth-order valence-corrected chi connectivity index (χ4v) is 1.76. The summed E-state index contributed by atoms with van der Waals surface area (Å²) < 4.78 is 4.92. The molecule has 100 valence electrons. The lowest BCUT2D eigenvalue weighted by Crippen LogP contribution is -2.13. The summed E-state index contributed by atoms with van der Waals surface area (Å²) in [5.74, 6) is 8.71. The Kier molecular flexibility index (Phi) is 3.23. The van der Waals surface area contributed by atoms with Crippen LogP contribution in [-0.2, 0) is 6.42 Å². The monoisotopic (exact) mass is 261 g/mol. The normalized spacial score (nSPS) is 14.4. The smallest absolute Gasteiger partial charge is 0.228 e. The van der Waals surface area contributed by atoms with Crippen LogP contribution in [0.25, 0.3) is 0 Å². The summed E-state index contributed by atoms with van der Waals surface area (Å²) in [7, 11) is 0. The topological polar surface area (TPSA) is 115 Å². The van der Waals surface area contributed by atoms with E-state index in [9.17, 15) is 0 Å². The van der Waals surface area contributed by atoms with Gasteiger partial charge in [0.25, 0.3) is 0 Å². The summed E-state index contributed by atoms with van der Waals surface area (Å²) in [6, 6.07) is 1.78. The lowest BCUT2D eigenvalue weighted by molar-refractivity contribution is 0.379. The maximum absolute atomic E-state index is 5.41. The first-order chi connectivity index (χ1) is 9.35. The fraction of sp³-hybridized carbons (Fsp3) is 0.455. The molecule has 3 rings (SSSR count). The molecule has 2 heterocycles. The number of hydrogen-bond donors (Lipinski definition) is 3. The second kappa shape index (κ2) is 5.19. The van der Waals surface area contributed by atoms with E-state index in [4.69, 9.17) is 10.4 Å². The molecule has 0 spiro atoms. The molecule has 19 heavy (non-hydrogen) atoms. The first-order valence-electron chi connectivity index (χ1n) is 6.20. The largest absolute Gasteiger partial charge is 0.369 e. The van der Waals surface area contributed by atoms with Crippen molar-refractivity contribution in [2.75, 3.05) is 17.3 Å². The number of hydrazine groups is 1. The van der Waals surface area contributed by atoms with Crippen LogP contribution in [0, 0.1) is 0 Å². The number of anilines is 2. The molecule has 8 nitrogen and oxygen atoms in total. The molecule has 4 N–H and O–H groups in total. The quantitative estimate of drug-likeness (QED) is 0.513. The van der Waals surface area contributed by atoms with Crippen molar-refractivity contribution in [2.45, 2.75) is 25.2 Å². The van der Waals surface area contributed by atoms with Crippen LogP contribution in [0.5, 0.6) is 0 Å². The van der Waals surface area contributed by atoms with Crippen LogP contribution in [0.15, 0.2) is 16.9 Å². The summed E-state index contributed by atoms with van der Waals surface area (Å²) in [5.41, 5.74) is 2.56. The molecular formula is C11H15N7O. The van der Waals surface area contributed by atoms with Crippen LogP contribution in [0.1, 0.15) is 30.5 Å². The van der Waals surface area contributed by atoms with Crippen molar-refractivity contribution in [1.29, 1.82) is 0 Å². The van der Waals surface area contributed by atoms with Crippen molar-refractivity contribution >= 4 is 11.6 Å². The van der Waals surface area contributed by atoms with E-state index in [1.807, 2.05) is 0 Å². The Morgan fingerprint density at radius 1 is 1.32 bits per heavy atom. The molecule has 1 aliphatic rings. The molecule has 8 heteroatoms. The third kappa shape index (κ3) is 2.97. The van der Waals surface area contributed by atoms with Gasteiger partial charge in [0.1, 0.15) is 17.5 Å². The number of nitrogens with one attached hydrogen (secondary N) is 2. The number of hydrogen-bond acceptors (Lipinski definition) is 8. The Bertz CT molecular complexity index is 538. The molecule has 0 radical (unpaired) electrons. The summed E-state index contributed by atoms with van der Waals surface area (Å²) in [5, 5.41) is 6.76. The molecule has 0 atom stereocenters. The van der Waals surface area contributed by atoms with E-state index >= 15 is 0 Å². The molecule has 0 amide bonds. The minimum Gasteiger partial charge on any atom is -0.369 e. The molecule has 2 aromatic rings. The number of aromatic nitrogens is 4. The van der Waals surface area contributed by atoms with E-state index in [2.05, 4.69) is 30.9 Å². The summed E-state index contributed by atoms with van der Waals surface area (Å²) >= 11 is 0. The average molecular weight is 261 g/mol. The van der Waals surface area contributed by atoms with Gasteiger partial charge in [-0.15, -0.1) is 0 Å². The minimum absolute atomic E-state index is 0.477. The highest BCUT2D eigenvalue weighted by atomic mass is 16.5. The van der Waals surface area contributed by atoms with Crippen molar-refractivity contribution in [1.82, 2.24) is 20.1 Å². The van der Waals surface area contributed by atoms with Crippen LogP contribution in [0.4, 0.5) is 11.6 Å². The second-order valence-electron chi connectivity index (χ2n) is 4.43. The highest BCUT2D eigenvalue weighted by Crippen LogP contribution is 2.38. The standard InChI is InChI=1S/C11H15N7O/c12-18-9-5-8(16-11(17-9)7-1-2-7)13-4-3-10-14-6-15-19-10/h5-7H,1-4,12H2,(H2,13,16,17,18). The van der Waals surface area contributed by atoms with Gasteiger partial charge in [0, 0.05) is 24.9 Å². The van der Waals surface area contributed by atoms with Crippen LogP contribution in [-0.4, -0.2) is 26.7 Å². The summed E-state index contributed by atoms with van der Waals surface area (Å²) in [6.07, 6.45) is 4.33. The van der Waals surface area contributed by atoms with Crippen LogP contribution in [0.2, 0.25) is 0 Å². The SMILES string of the molecule is NNc1cc(NCCc2ncno2)nc(C2CC2)n1. The minimum atomic E-state index is 0.477.